The van der Waals surface area contributed by atoms with Gasteiger partial charge in [-0.1, -0.05) is 30.3 Å². The Bertz CT molecular complexity index is 1070. The first kappa shape index (κ1) is 18.8. The highest BCUT2D eigenvalue weighted by atomic mass is 16.2. The number of rotatable bonds is 8. The zero-order valence-electron chi connectivity index (χ0n) is 15.9. The Morgan fingerprint density at radius 1 is 0.897 bits per heavy atom. The number of anilines is 1. The summed E-state index contributed by atoms with van der Waals surface area (Å²) >= 11 is 0. The second-order valence-corrected chi connectivity index (χ2v) is 6.60. The van der Waals surface area contributed by atoms with Gasteiger partial charge in [0.2, 0.25) is 0 Å². The molecule has 8 nitrogen and oxygen atoms in total. The lowest BCUT2D eigenvalue weighted by Gasteiger charge is -2.11. The van der Waals surface area contributed by atoms with Gasteiger partial charge in [-0.15, -0.1) is 0 Å². The number of aliphatic hydroxyl groups is 1. The average Bonchev–Trinajstić information content (AvgIpc) is 2.77. The van der Waals surface area contributed by atoms with E-state index in [2.05, 4.69) is 47.4 Å². The molecule has 0 spiro atoms. The van der Waals surface area contributed by atoms with Crippen LogP contribution in [0.4, 0.5) is 5.82 Å². The normalized spacial score (nSPS) is 10.9. The van der Waals surface area contributed by atoms with Gasteiger partial charge in [-0.25, -0.2) is 24.9 Å². The number of aliphatic hydroxyl groups excluding tert-OH is 1. The van der Waals surface area contributed by atoms with Crippen LogP contribution in [0.5, 0.6) is 0 Å². The second-order valence-electron chi connectivity index (χ2n) is 6.60. The largest absolute Gasteiger partial charge is 0.396 e. The molecule has 4 aromatic rings. The molecule has 3 heterocycles. The van der Waals surface area contributed by atoms with Crippen molar-refractivity contribution in [3.63, 3.8) is 0 Å². The maximum Gasteiger partial charge on any atom is 0.156 e. The number of nitrogens with zero attached hydrogens (tertiary/aromatic N) is 6. The van der Waals surface area contributed by atoms with Crippen molar-refractivity contribution in [2.75, 3.05) is 11.9 Å². The minimum Gasteiger partial charge on any atom is -0.396 e. The predicted molar refractivity (Wildman–Crippen MR) is 109 cm³/mol. The molecule has 0 saturated carbocycles. The summed E-state index contributed by atoms with van der Waals surface area (Å²) in [5.74, 6) is 2.05. The van der Waals surface area contributed by atoms with Gasteiger partial charge in [0.25, 0.3) is 0 Å². The van der Waals surface area contributed by atoms with Crippen LogP contribution in [0.1, 0.15) is 29.2 Å². The molecule has 0 fully saturated rings. The molecule has 0 saturated heterocycles. The molecule has 8 heteroatoms. The van der Waals surface area contributed by atoms with Gasteiger partial charge in [-0.2, -0.15) is 0 Å². The molecule has 0 radical (unpaired) electrons. The van der Waals surface area contributed by atoms with E-state index in [0.717, 1.165) is 16.6 Å². The number of hydrogen-bond acceptors (Lipinski definition) is 8. The van der Waals surface area contributed by atoms with Crippen molar-refractivity contribution < 1.29 is 5.11 Å². The molecular formula is C21H21N7O. The lowest BCUT2D eigenvalue weighted by molar-refractivity contribution is 0.287. The van der Waals surface area contributed by atoms with Gasteiger partial charge in [-0.05, 0) is 23.6 Å². The number of aryl methyl sites for hydroxylation is 1. The van der Waals surface area contributed by atoms with E-state index in [1.54, 1.807) is 6.20 Å². The van der Waals surface area contributed by atoms with Crippen molar-refractivity contribution in [1.29, 1.82) is 0 Å². The van der Waals surface area contributed by atoms with E-state index in [-0.39, 0.29) is 6.61 Å². The topological polar surface area (TPSA) is 110 Å². The van der Waals surface area contributed by atoms with Crippen LogP contribution >= 0.6 is 0 Å². The van der Waals surface area contributed by atoms with Crippen molar-refractivity contribution in [2.24, 2.45) is 0 Å². The third-order valence-electron chi connectivity index (χ3n) is 4.41. The smallest absolute Gasteiger partial charge is 0.156 e. The lowest BCUT2D eigenvalue weighted by atomic mass is 10.1. The highest BCUT2D eigenvalue weighted by Gasteiger charge is 2.11. The van der Waals surface area contributed by atoms with Gasteiger partial charge < -0.3 is 10.4 Å². The quantitative estimate of drug-likeness (QED) is 0.474. The average molecular weight is 387 g/mol. The first-order valence-corrected chi connectivity index (χ1v) is 9.47. The monoisotopic (exact) mass is 387 g/mol. The lowest BCUT2D eigenvalue weighted by Crippen LogP contribution is -2.07. The van der Waals surface area contributed by atoms with Crippen molar-refractivity contribution >= 4 is 16.9 Å². The predicted octanol–water partition coefficient (Wildman–Crippen LogP) is 2.34. The molecule has 0 amide bonds. The Kier molecular flexibility index (Phi) is 5.92. The summed E-state index contributed by atoms with van der Waals surface area (Å²) in [6.45, 7) is 0.743. The first-order valence-electron chi connectivity index (χ1n) is 9.47. The maximum absolute atomic E-state index is 9.17. The fourth-order valence-corrected chi connectivity index (χ4v) is 3.00. The van der Waals surface area contributed by atoms with E-state index in [4.69, 9.17) is 5.11 Å². The van der Waals surface area contributed by atoms with Crippen LogP contribution < -0.4 is 5.32 Å². The summed E-state index contributed by atoms with van der Waals surface area (Å²) in [5.41, 5.74) is 3.59. The molecule has 146 valence electrons. The molecule has 0 bridgehead atoms. The van der Waals surface area contributed by atoms with Crippen LogP contribution in [-0.2, 0) is 19.4 Å². The Hall–Kier alpha value is -3.52. The van der Waals surface area contributed by atoms with Crippen LogP contribution in [-0.4, -0.2) is 41.6 Å². The van der Waals surface area contributed by atoms with Crippen molar-refractivity contribution in [2.45, 2.75) is 25.8 Å². The second kappa shape index (κ2) is 9.11. The summed E-state index contributed by atoms with van der Waals surface area (Å²) in [6, 6.07) is 12.1. The molecule has 2 N–H and O–H groups in total. The number of hydrogen-bond donors (Lipinski definition) is 2. The fraction of sp³-hybridized carbons (Fsp3) is 0.238. The third-order valence-corrected chi connectivity index (χ3v) is 4.41. The minimum absolute atomic E-state index is 0.103. The van der Waals surface area contributed by atoms with Gasteiger partial charge in [0.05, 0.1) is 5.52 Å². The van der Waals surface area contributed by atoms with Crippen LogP contribution in [0.15, 0.2) is 55.2 Å². The first-order chi connectivity index (χ1) is 14.3. The molecule has 29 heavy (non-hydrogen) atoms. The van der Waals surface area contributed by atoms with Crippen LogP contribution in [0.2, 0.25) is 0 Å². The van der Waals surface area contributed by atoms with Crippen molar-refractivity contribution in [3.8, 4) is 0 Å². The zero-order chi connectivity index (χ0) is 19.9. The molecule has 1 aromatic carbocycles. The molecule has 0 aliphatic carbocycles. The van der Waals surface area contributed by atoms with E-state index in [0.29, 0.717) is 48.8 Å². The van der Waals surface area contributed by atoms with Gasteiger partial charge in [-0.3, -0.25) is 4.98 Å². The number of aromatic nitrogens is 6. The SMILES string of the molecule is OCCCc1nc(NCc2ccccc2)c2ncc(Cc3ncncn3)cc2n1. The van der Waals surface area contributed by atoms with Gasteiger partial charge >= 0.3 is 0 Å². The Labute approximate surface area is 168 Å². The summed E-state index contributed by atoms with van der Waals surface area (Å²) in [7, 11) is 0. The van der Waals surface area contributed by atoms with Crippen LogP contribution in [0.25, 0.3) is 11.0 Å². The summed E-state index contributed by atoms with van der Waals surface area (Å²) < 4.78 is 0. The highest BCUT2D eigenvalue weighted by Crippen LogP contribution is 2.21. The van der Waals surface area contributed by atoms with E-state index >= 15 is 0 Å². The molecule has 3 aromatic heterocycles. The van der Waals surface area contributed by atoms with Gasteiger partial charge in [0, 0.05) is 32.2 Å². The van der Waals surface area contributed by atoms with Crippen LogP contribution in [0.3, 0.4) is 0 Å². The molecular weight excluding hydrogens is 366 g/mol. The molecule has 0 aliphatic rings. The summed E-state index contributed by atoms with van der Waals surface area (Å²) in [6.07, 6.45) is 6.53. The van der Waals surface area contributed by atoms with Gasteiger partial charge in [0.15, 0.2) is 5.82 Å². The number of pyridine rings is 1. The van der Waals surface area contributed by atoms with Crippen LogP contribution in [0, 0.1) is 0 Å². The molecule has 0 unspecified atom stereocenters. The molecule has 0 atom stereocenters. The maximum atomic E-state index is 9.17. The van der Waals surface area contributed by atoms with E-state index in [1.807, 2.05) is 24.3 Å². The Morgan fingerprint density at radius 2 is 1.72 bits per heavy atom. The van der Waals surface area contributed by atoms with Crippen molar-refractivity contribution in [3.05, 3.63) is 78.0 Å². The zero-order valence-corrected chi connectivity index (χ0v) is 15.9. The Morgan fingerprint density at radius 3 is 2.52 bits per heavy atom. The van der Waals surface area contributed by atoms with Crippen molar-refractivity contribution in [1.82, 2.24) is 29.9 Å². The minimum atomic E-state index is 0.103. The molecule has 0 aliphatic heterocycles. The van der Waals surface area contributed by atoms with Gasteiger partial charge in [0.1, 0.15) is 29.8 Å². The number of fused-ring (bicyclic) bond motifs is 1. The number of benzene rings is 1. The highest BCUT2D eigenvalue weighted by molar-refractivity contribution is 5.85. The van der Waals surface area contributed by atoms with E-state index in [9.17, 15) is 0 Å². The molecule has 4 rings (SSSR count). The number of nitrogens with one attached hydrogen (secondary N) is 1. The summed E-state index contributed by atoms with van der Waals surface area (Å²) in [5, 5.41) is 12.5. The van der Waals surface area contributed by atoms with E-state index < -0.39 is 0 Å². The summed E-state index contributed by atoms with van der Waals surface area (Å²) in [4.78, 5) is 26.1. The standard InChI is InChI=1S/C21H21N7O/c29-8-4-7-18-27-17-9-16(10-19-25-13-22-14-26-19)12-23-20(17)21(28-18)24-11-15-5-2-1-3-6-15/h1-3,5-6,9,12-14,29H,4,7-8,10-11H2,(H,24,27,28). The third kappa shape index (κ3) is 4.85. The Balaban J connectivity index is 1.65. The van der Waals surface area contributed by atoms with E-state index in [1.165, 1.54) is 12.7 Å². The fourth-order valence-electron chi connectivity index (χ4n) is 3.00.